The van der Waals surface area contributed by atoms with Gasteiger partial charge in [-0.2, -0.15) is 0 Å². The SMILES string of the molecule is Nc1cnccc1N1CCN(Cc2ccc(Br)s2)CC1. The smallest absolute Gasteiger partial charge is 0.0738 e. The normalized spacial score (nSPS) is 16.6. The van der Waals surface area contributed by atoms with Crippen LogP contribution in [0.4, 0.5) is 11.4 Å². The van der Waals surface area contributed by atoms with Gasteiger partial charge in [0.05, 0.1) is 21.4 Å². The molecule has 4 nitrogen and oxygen atoms in total. The topological polar surface area (TPSA) is 45.4 Å². The maximum atomic E-state index is 5.99. The molecule has 2 N–H and O–H groups in total. The number of hydrogen-bond acceptors (Lipinski definition) is 5. The summed E-state index contributed by atoms with van der Waals surface area (Å²) in [4.78, 5) is 10.3. The van der Waals surface area contributed by atoms with E-state index in [1.165, 1.54) is 8.66 Å². The van der Waals surface area contributed by atoms with Gasteiger partial charge in [0.15, 0.2) is 0 Å². The van der Waals surface area contributed by atoms with Gasteiger partial charge in [-0.15, -0.1) is 11.3 Å². The second kappa shape index (κ2) is 6.11. The molecule has 0 aromatic carbocycles. The number of nitrogens with two attached hydrogens (primary N) is 1. The molecule has 0 aliphatic carbocycles. The summed E-state index contributed by atoms with van der Waals surface area (Å²) >= 11 is 5.33. The lowest BCUT2D eigenvalue weighted by Crippen LogP contribution is -2.46. The molecule has 0 amide bonds. The molecule has 0 atom stereocenters. The van der Waals surface area contributed by atoms with Crippen molar-refractivity contribution in [2.24, 2.45) is 0 Å². The zero-order chi connectivity index (χ0) is 13.9. The highest BCUT2D eigenvalue weighted by molar-refractivity contribution is 9.11. The molecule has 106 valence electrons. The van der Waals surface area contributed by atoms with E-state index in [0.717, 1.165) is 44.1 Å². The van der Waals surface area contributed by atoms with Crippen molar-refractivity contribution in [2.75, 3.05) is 36.8 Å². The minimum atomic E-state index is 0.767. The van der Waals surface area contributed by atoms with Crippen LogP contribution in [0.2, 0.25) is 0 Å². The van der Waals surface area contributed by atoms with Crippen LogP contribution in [-0.2, 0) is 6.54 Å². The molecular weight excluding hydrogens is 336 g/mol. The molecule has 0 spiro atoms. The third-order valence-corrected chi connectivity index (χ3v) is 5.16. The highest BCUT2D eigenvalue weighted by atomic mass is 79.9. The first-order chi connectivity index (χ1) is 9.72. The van der Waals surface area contributed by atoms with E-state index >= 15 is 0 Å². The van der Waals surface area contributed by atoms with E-state index in [2.05, 4.69) is 42.8 Å². The monoisotopic (exact) mass is 352 g/mol. The van der Waals surface area contributed by atoms with E-state index in [9.17, 15) is 0 Å². The fourth-order valence-electron chi connectivity index (χ4n) is 2.49. The molecule has 0 saturated carbocycles. The zero-order valence-electron chi connectivity index (χ0n) is 11.1. The third-order valence-electron chi connectivity index (χ3n) is 3.55. The maximum Gasteiger partial charge on any atom is 0.0738 e. The number of nitrogens with zero attached hydrogens (tertiary/aromatic N) is 3. The molecule has 3 rings (SSSR count). The Morgan fingerprint density at radius 2 is 2.00 bits per heavy atom. The lowest BCUT2D eigenvalue weighted by Gasteiger charge is -2.36. The predicted octanol–water partition coefficient (Wildman–Crippen LogP) is 2.81. The summed E-state index contributed by atoms with van der Waals surface area (Å²) in [7, 11) is 0. The van der Waals surface area contributed by atoms with Crippen LogP contribution < -0.4 is 10.6 Å². The number of pyridine rings is 1. The Hall–Kier alpha value is -1.11. The molecule has 2 aromatic rings. The van der Waals surface area contributed by atoms with Crippen LogP contribution in [0.5, 0.6) is 0 Å². The Balaban J connectivity index is 1.58. The number of rotatable bonds is 3. The molecule has 1 saturated heterocycles. The molecule has 1 aliphatic rings. The summed E-state index contributed by atoms with van der Waals surface area (Å²) in [6.07, 6.45) is 3.53. The predicted molar refractivity (Wildman–Crippen MR) is 88.2 cm³/mol. The number of nitrogen functional groups attached to an aromatic ring is 1. The minimum Gasteiger partial charge on any atom is -0.396 e. The van der Waals surface area contributed by atoms with Gasteiger partial charge in [-0.1, -0.05) is 0 Å². The van der Waals surface area contributed by atoms with Gasteiger partial charge in [0.1, 0.15) is 0 Å². The Bertz CT molecular complexity index is 578. The lowest BCUT2D eigenvalue weighted by atomic mass is 10.2. The van der Waals surface area contributed by atoms with Crippen LogP contribution >= 0.6 is 27.3 Å². The van der Waals surface area contributed by atoms with E-state index in [4.69, 9.17) is 5.73 Å². The van der Waals surface area contributed by atoms with Crippen LogP contribution in [0.15, 0.2) is 34.4 Å². The van der Waals surface area contributed by atoms with Gasteiger partial charge >= 0.3 is 0 Å². The van der Waals surface area contributed by atoms with E-state index in [0.29, 0.717) is 0 Å². The van der Waals surface area contributed by atoms with Gasteiger partial charge in [0.2, 0.25) is 0 Å². The van der Waals surface area contributed by atoms with Crippen LogP contribution in [0, 0.1) is 0 Å². The summed E-state index contributed by atoms with van der Waals surface area (Å²) in [5.41, 5.74) is 7.87. The minimum absolute atomic E-state index is 0.767. The lowest BCUT2D eigenvalue weighted by molar-refractivity contribution is 0.252. The first kappa shape index (κ1) is 13.9. The van der Waals surface area contributed by atoms with Gasteiger partial charge in [0, 0.05) is 43.8 Å². The summed E-state index contributed by atoms with van der Waals surface area (Å²) in [6.45, 7) is 5.20. The summed E-state index contributed by atoms with van der Waals surface area (Å²) in [6, 6.07) is 6.32. The van der Waals surface area contributed by atoms with Crippen LogP contribution in [-0.4, -0.2) is 36.1 Å². The van der Waals surface area contributed by atoms with Gasteiger partial charge < -0.3 is 10.6 Å². The fraction of sp³-hybridized carbons (Fsp3) is 0.357. The van der Waals surface area contributed by atoms with Crippen molar-refractivity contribution in [1.29, 1.82) is 0 Å². The van der Waals surface area contributed by atoms with E-state index in [-0.39, 0.29) is 0 Å². The van der Waals surface area contributed by atoms with Crippen molar-refractivity contribution in [3.8, 4) is 0 Å². The van der Waals surface area contributed by atoms with Gasteiger partial charge in [-0.3, -0.25) is 9.88 Å². The summed E-state index contributed by atoms with van der Waals surface area (Å²) in [5, 5.41) is 0. The number of halogens is 1. The van der Waals surface area contributed by atoms with Gasteiger partial charge in [-0.05, 0) is 34.1 Å². The van der Waals surface area contributed by atoms with Crippen LogP contribution in [0.3, 0.4) is 0 Å². The first-order valence-corrected chi connectivity index (χ1v) is 8.24. The first-order valence-electron chi connectivity index (χ1n) is 6.63. The van der Waals surface area contributed by atoms with Crippen molar-refractivity contribution >= 4 is 38.6 Å². The van der Waals surface area contributed by atoms with Crippen molar-refractivity contribution in [3.63, 3.8) is 0 Å². The van der Waals surface area contributed by atoms with Gasteiger partial charge in [0.25, 0.3) is 0 Å². The molecular formula is C14H17BrN4S. The average Bonchev–Trinajstić information content (AvgIpc) is 2.86. The average molecular weight is 353 g/mol. The van der Waals surface area contributed by atoms with Crippen molar-refractivity contribution in [3.05, 3.63) is 39.3 Å². The standard InChI is InChI=1S/C14H17BrN4S/c15-14-2-1-11(20-14)10-18-5-7-19(8-6-18)13-3-4-17-9-12(13)16/h1-4,9H,5-8,10,16H2. The summed E-state index contributed by atoms with van der Waals surface area (Å²) < 4.78 is 1.20. The molecule has 1 fully saturated rings. The zero-order valence-corrected chi connectivity index (χ0v) is 13.5. The Kier molecular flexibility index (Phi) is 4.24. The number of anilines is 2. The van der Waals surface area contributed by atoms with Crippen LogP contribution in [0.1, 0.15) is 4.88 Å². The summed E-state index contributed by atoms with van der Waals surface area (Å²) in [5.74, 6) is 0. The Morgan fingerprint density at radius 1 is 1.20 bits per heavy atom. The largest absolute Gasteiger partial charge is 0.396 e. The van der Waals surface area contributed by atoms with Crippen molar-refractivity contribution < 1.29 is 0 Å². The second-order valence-electron chi connectivity index (χ2n) is 4.90. The molecule has 0 radical (unpaired) electrons. The van der Waals surface area contributed by atoms with E-state index in [1.54, 1.807) is 12.4 Å². The number of thiophene rings is 1. The molecule has 1 aliphatic heterocycles. The fourth-order valence-corrected chi connectivity index (χ4v) is 4.02. The molecule has 0 bridgehead atoms. The van der Waals surface area contributed by atoms with Crippen LogP contribution in [0.25, 0.3) is 0 Å². The van der Waals surface area contributed by atoms with E-state index in [1.807, 2.05) is 17.4 Å². The Labute approximate surface area is 131 Å². The molecule has 2 aromatic heterocycles. The number of piperazine rings is 1. The maximum absolute atomic E-state index is 5.99. The second-order valence-corrected chi connectivity index (χ2v) is 7.45. The number of aromatic nitrogens is 1. The highest BCUT2D eigenvalue weighted by Gasteiger charge is 2.19. The molecule has 3 heterocycles. The molecule has 0 unspecified atom stereocenters. The highest BCUT2D eigenvalue weighted by Crippen LogP contribution is 2.25. The molecule has 20 heavy (non-hydrogen) atoms. The molecule has 6 heteroatoms. The number of hydrogen-bond donors (Lipinski definition) is 1. The van der Waals surface area contributed by atoms with Crippen molar-refractivity contribution in [1.82, 2.24) is 9.88 Å². The van der Waals surface area contributed by atoms with Gasteiger partial charge in [-0.25, -0.2) is 0 Å². The third kappa shape index (κ3) is 3.13. The van der Waals surface area contributed by atoms with E-state index < -0.39 is 0 Å². The Morgan fingerprint density at radius 3 is 2.65 bits per heavy atom. The quantitative estimate of drug-likeness (QED) is 0.922. The van der Waals surface area contributed by atoms with Crippen molar-refractivity contribution in [2.45, 2.75) is 6.54 Å².